The fourth-order valence-corrected chi connectivity index (χ4v) is 4.32. The lowest BCUT2D eigenvalue weighted by Gasteiger charge is -2.20. The Kier molecular flexibility index (Phi) is 6.52. The maximum absolute atomic E-state index is 12.6. The highest BCUT2D eigenvalue weighted by molar-refractivity contribution is 5.95. The molecule has 6 heteroatoms. The normalized spacial score (nSPS) is 18.4. The number of hydrogen-bond donors (Lipinski definition) is 2. The lowest BCUT2D eigenvalue weighted by Crippen LogP contribution is -2.45. The van der Waals surface area contributed by atoms with Crippen LogP contribution in [-0.4, -0.2) is 51.1 Å². The summed E-state index contributed by atoms with van der Waals surface area (Å²) < 4.78 is 0. The molecule has 2 N–H and O–H groups in total. The van der Waals surface area contributed by atoms with Gasteiger partial charge in [-0.1, -0.05) is 36.4 Å². The second-order valence-corrected chi connectivity index (χ2v) is 7.94. The average Bonchev–Trinajstić information content (AvgIpc) is 3.43. The molecule has 1 unspecified atom stereocenters. The van der Waals surface area contributed by atoms with E-state index in [4.69, 9.17) is 0 Å². The molecule has 0 bridgehead atoms. The number of aliphatic imine (C=N–C) groups is 1. The summed E-state index contributed by atoms with van der Waals surface area (Å²) in [6.45, 7) is 3.55. The number of benzene rings is 2. The zero-order valence-corrected chi connectivity index (χ0v) is 17.7. The molecule has 1 saturated heterocycles. The number of amides is 1. The molecule has 2 aliphatic rings. The first-order chi connectivity index (χ1) is 14.7. The van der Waals surface area contributed by atoms with Crippen LogP contribution in [0.5, 0.6) is 0 Å². The third-order valence-electron chi connectivity index (χ3n) is 5.92. The second-order valence-electron chi connectivity index (χ2n) is 7.94. The SMILES string of the molecule is CN=C(NCCCC(=O)N1CCc2ccccc21)NC1CCN(c2ccccc2)C1. The van der Waals surface area contributed by atoms with Crippen molar-refractivity contribution in [2.24, 2.45) is 4.99 Å². The largest absolute Gasteiger partial charge is 0.369 e. The van der Waals surface area contributed by atoms with E-state index in [0.29, 0.717) is 12.5 Å². The third-order valence-corrected chi connectivity index (χ3v) is 5.92. The number of fused-ring (bicyclic) bond motifs is 1. The van der Waals surface area contributed by atoms with Gasteiger partial charge in [-0.2, -0.15) is 0 Å². The van der Waals surface area contributed by atoms with E-state index >= 15 is 0 Å². The van der Waals surface area contributed by atoms with Gasteiger partial charge >= 0.3 is 0 Å². The van der Waals surface area contributed by atoms with Gasteiger partial charge in [0.1, 0.15) is 0 Å². The Morgan fingerprint density at radius 2 is 1.90 bits per heavy atom. The van der Waals surface area contributed by atoms with Gasteiger partial charge in [-0.05, 0) is 43.0 Å². The lowest BCUT2D eigenvalue weighted by atomic mass is 10.2. The predicted octanol–water partition coefficient (Wildman–Crippen LogP) is 2.80. The molecule has 0 saturated carbocycles. The van der Waals surface area contributed by atoms with Crippen LogP contribution in [0.4, 0.5) is 11.4 Å². The number of guanidine groups is 1. The number of rotatable bonds is 6. The number of nitrogens with one attached hydrogen (secondary N) is 2. The lowest BCUT2D eigenvalue weighted by molar-refractivity contribution is -0.118. The molecule has 1 atom stereocenters. The fraction of sp³-hybridized carbons (Fsp3) is 0.417. The molecule has 158 valence electrons. The van der Waals surface area contributed by atoms with Gasteiger partial charge in [0, 0.05) is 57.1 Å². The number of para-hydroxylation sites is 2. The average molecular weight is 406 g/mol. The van der Waals surface area contributed by atoms with Gasteiger partial charge in [0.05, 0.1) is 0 Å². The molecular formula is C24H31N5O. The summed E-state index contributed by atoms with van der Waals surface area (Å²) in [6, 6.07) is 19.1. The monoisotopic (exact) mass is 405 g/mol. The van der Waals surface area contributed by atoms with Crippen LogP contribution in [0.1, 0.15) is 24.8 Å². The van der Waals surface area contributed by atoms with Gasteiger partial charge in [-0.15, -0.1) is 0 Å². The summed E-state index contributed by atoms with van der Waals surface area (Å²) in [5.41, 5.74) is 3.62. The Bertz CT molecular complexity index is 882. The van der Waals surface area contributed by atoms with Gasteiger partial charge in [0.25, 0.3) is 0 Å². The zero-order valence-electron chi connectivity index (χ0n) is 17.7. The van der Waals surface area contributed by atoms with Crippen molar-refractivity contribution < 1.29 is 4.79 Å². The van der Waals surface area contributed by atoms with E-state index in [9.17, 15) is 4.79 Å². The molecule has 2 aromatic carbocycles. The second kappa shape index (κ2) is 9.65. The Hall–Kier alpha value is -3.02. The van der Waals surface area contributed by atoms with Gasteiger partial charge in [0.15, 0.2) is 5.96 Å². The van der Waals surface area contributed by atoms with Crippen molar-refractivity contribution in [1.82, 2.24) is 10.6 Å². The molecule has 0 radical (unpaired) electrons. The smallest absolute Gasteiger partial charge is 0.227 e. The van der Waals surface area contributed by atoms with Crippen LogP contribution in [0.15, 0.2) is 59.6 Å². The number of anilines is 2. The molecule has 0 aromatic heterocycles. The number of nitrogens with zero attached hydrogens (tertiary/aromatic N) is 3. The Labute approximate surface area is 179 Å². The van der Waals surface area contributed by atoms with Crippen molar-refractivity contribution >= 4 is 23.2 Å². The summed E-state index contributed by atoms with van der Waals surface area (Å²) in [5.74, 6) is 1.02. The van der Waals surface area contributed by atoms with Crippen molar-refractivity contribution in [3.05, 3.63) is 60.2 Å². The van der Waals surface area contributed by atoms with E-state index in [0.717, 1.165) is 57.1 Å². The van der Waals surface area contributed by atoms with Crippen LogP contribution in [0.25, 0.3) is 0 Å². The Morgan fingerprint density at radius 1 is 1.10 bits per heavy atom. The Balaban J connectivity index is 1.18. The number of carbonyl (C=O) groups excluding carboxylic acids is 1. The van der Waals surface area contributed by atoms with Crippen LogP contribution < -0.4 is 20.4 Å². The quantitative estimate of drug-likeness (QED) is 0.441. The molecule has 1 amide bonds. The number of hydrogen-bond acceptors (Lipinski definition) is 3. The summed E-state index contributed by atoms with van der Waals surface area (Å²) in [4.78, 5) is 21.3. The van der Waals surface area contributed by atoms with Gasteiger partial charge in [0.2, 0.25) is 5.91 Å². The third kappa shape index (κ3) is 4.75. The fourth-order valence-electron chi connectivity index (χ4n) is 4.32. The molecule has 0 spiro atoms. The van der Waals surface area contributed by atoms with Crippen molar-refractivity contribution in [2.45, 2.75) is 31.7 Å². The predicted molar refractivity (Wildman–Crippen MR) is 123 cm³/mol. The van der Waals surface area contributed by atoms with Crippen molar-refractivity contribution in [3.8, 4) is 0 Å². The zero-order chi connectivity index (χ0) is 20.8. The van der Waals surface area contributed by atoms with Crippen LogP contribution >= 0.6 is 0 Å². The minimum Gasteiger partial charge on any atom is -0.369 e. The van der Waals surface area contributed by atoms with Crippen molar-refractivity contribution in [1.29, 1.82) is 0 Å². The van der Waals surface area contributed by atoms with Gasteiger partial charge in [-0.25, -0.2) is 0 Å². The standard InChI is InChI=1S/C24H31N5O/c1-25-24(27-20-14-16-28(18-20)21-9-3-2-4-10-21)26-15-7-12-23(30)29-17-13-19-8-5-6-11-22(19)29/h2-6,8-11,20H,7,12-18H2,1H3,(H2,25,26,27). The molecule has 0 aliphatic carbocycles. The van der Waals surface area contributed by atoms with E-state index in [1.807, 2.05) is 29.2 Å². The van der Waals surface area contributed by atoms with E-state index in [1.54, 1.807) is 7.05 Å². The van der Waals surface area contributed by atoms with E-state index in [2.05, 4.69) is 50.9 Å². The summed E-state index contributed by atoms with van der Waals surface area (Å²) in [6.07, 6.45) is 3.38. The summed E-state index contributed by atoms with van der Waals surface area (Å²) in [7, 11) is 1.80. The first-order valence-corrected chi connectivity index (χ1v) is 10.9. The molecule has 30 heavy (non-hydrogen) atoms. The minimum atomic E-state index is 0.207. The first kappa shape index (κ1) is 20.3. The highest BCUT2D eigenvalue weighted by atomic mass is 16.2. The molecule has 4 rings (SSSR count). The highest BCUT2D eigenvalue weighted by Crippen LogP contribution is 2.28. The van der Waals surface area contributed by atoms with Crippen LogP contribution in [0, 0.1) is 0 Å². The molecular weight excluding hydrogens is 374 g/mol. The maximum Gasteiger partial charge on any atom is 0.227 e. The van der Waals surface area contributed by atoms with Crippen LogP contribution in [0.3, 0.4) is 0 Å². The van der Waals surface area contributed by atoms with E-state index in [1.165, 1.54) is 11.3 Å². The van der Waals surface area contributed by atoms with Gasteiger partial charge in [-0.3, -0.25) is 9.79 Å². The maximum atomic E-state index is 12.6. The molecule has 2 aromatic rings. The van der Waals surface area contributed by atoms with Crippen molar-refractivity contribution in [3.63, 3.8) is 0 Å². The molecule has 6 nitrogen and oxygen atoms in total. The first-order valence-electron chi connectivity index (χ1n) is 10.9. The number of carbonyl (C=O) groups is 1. The summed E-state index contributed by atoms with van der Waals surface area (Å²) >= 11 is 0. The van der Waals surface area contributed by atoms with Crippen LogP contribution in [-0.2, 0) is 11.2 Å². The topological polar surface area (TPSA) is 60.0 Å². The Morgan fingerprint density at radius 3 is 2.73 bits per heavy atom. The molecule has 2 aliphatic heterocycles. The highest BCUT2D eigenvalue weighted by Gasteiger charge is 2.24. The molecule has 2 heterocycles. The molecule has 1 fully saturated rings. The van der Waals surface area contributed by atoms with Gasteiger partial charge < -0.3 is 20.4 Å². The van der Waals surface area contributed by atoms with E-state index < -0.39 is 0 Å². The minimum absolute atomic E-state index is 0.207. The van der Waals surface area contributed by atoms with Crippen LogP contribution in [0.2, 0.25) is 0 Å². The van der Waals surface area contributed by atoms with E-state index in [-0.39, 0.29) is 5.91 Å². The summed E-state index contributed by atoms with van der Waals surface area (Å²) in [5, 5.41) is 6.89. The van der Waals surface area contributed by atoms with Crippen molar-refractivity contribution in [2.75, 3.05) is 43.0 Å².